The van der Waals surface area contributed by atoms with Crippen molar-refractivity contribution in [3.63, 3.8) is 0 Å². The van der Waals surface area contributed by atoms with Crippen LogP contribution in [0.5, 0.6) is 0 Å². The minimum atomic E-state index is 0.730. The largest absolute Gasteiger partial charge is 0.369 e. The van der Waals surface area contributed by atoms with E-state index in [9.17, 15) is 0 Å². The third-order valence-electron chi connectivity index (χ3n) is 4.23. The fraction of sp³-hybridized carbons (Fsp3) is 0.316. The van der Waals surface area contributed by atoms with Gasteiger partial charge in [0.2, 0.25) is 0 Å². The first-order valence-corrected chi connectivity index (χ1v) is 7.77. The summed E-state index contributed by atoms with van der Waals surface area (Å²) in [6, 6.07) is 18.8. The molecule has 1 saturated heterocycles. The molecule has 1 aliphatic heterocycles. The van der Waals surface area contributed by atoms with E-state index in [1.54, 1.807) is 0 Å². The number of benzene rings is 2. The van der Waals surface area contributed by atoms with Gasteiger partial charge in [0.1, 0.15) is 0 Å². The molecule has 0 saturated carbocycles. The van der Waals surface area contributed by atoms with Crippen LogP contribution in [0.25, 0.3) is 0 Å². The molecule has 3 nitrogen and oxygen atoms in total. The summed E-state index contributed by atoms with van der Waals surface area (Å²) in [7, 11) is 0. The number of hydrogen-bond acceptors (Lipinski definition) is 3. The number of piperazine rings is 1. The summed E-state index contributed by atoms with van der Waals surface area (Å²) in [4.78, 5) is 4.94. The second-order valence-electron chi connectivity index (χ2n) is 5.91. The molecule has 3 rings (SSSR count). The Balaban J connectivity index is 1.56. The second-order valence-corrected chi connectivity index (χ2v) is 5.91. The summed E-state index contributed by atoms with van der Waals surface area (Å²) in [6.07, 6.45) is 0. The van der Waals surface area contributed by atoms with Crippen molar-refractivity contribution >= 4 is 5.69 Å². The Morgan fingerprint density at radius 2 is 1.73 bits per heavy atom. The van der Waals surface area contributed by atoms with Crippen LogP contribution < -0.4 is 4.90 Å². The highest BCUT2D eigenvalue weighted by molar-refractivity contribution is 5.48. The lowest BCUT2D eigenvalue weighted by atomic mass is 10.1. The fourth-order valence-corrected chi connectivity index (χ4v) is 2.93. The first-order chi connectivity index (χ1) is 10.7. The van der Waals surface area contributed by atoms with Crippen LogP contribution in [-0.2, 0) is 6.54 Å². The van der Waals surface area contributed by atoms with E-state index in [-0.39, 0.29) is 0 Å². The van der Waals surface area contributed by atoms with Crippen molar-refractivity contribution in [3.8, 4) is 6.07 Å². The zero-order valence-corrected chi connectivity index (χ0v) is 13.0. The molecule has 2 aromatic rings. The van der Waals surface area contributed by atoms with Gasteiger partial charge in [-0.15, -0.1) is 0 Å². The van der Waals surface area contributed by atoms with Gasteiger partial charge in [0.25, 0.3) is 0 Å². The van der Waals surface area contributed by atoms with Gasteiger partial charge in [-0.25, -0.2) is 0 Å². The van der Waals surface area contributed by atoms with Crippen LogP contribution in [0.1, 0.15) is 16.7 Å². The number of hydrogen-bond donors (Lipinski definition) is 0. The molecule has 0 amide bonds. The number of nitrogens with zero attached hydrogens (tertiary/aromatic N) is 3. The lowest BCUT2D eigenvalue weighted by Crippen LogP contribution is -2.45. The minimum absolute atomic E-state index is 0.730. The molecule has 0 N–H and O–H groups in total. The van der Waals surface area contributed by atoms with E-state index in [1.807, 2.05) is 12.1 Å². The monoisotopic (exact) mass is 291 g/mol. The standard InChI is InChI=1S/C19H21N3/c1-16-3-2-4-19(13-16)22-11-9-21(10-12-22)15-18-7-5-17(14-20)6-8-18/h2-8,13H,9-12,15H2,1H3. The number of rotatable bonds is 3. The van der Waals surface area contributed by atoms with Crippen LogP contribution in [0.4, 0.5) is 5.69 Å². The van der Waals surface area contributed by atoms with Gasteiger partial charge < -0.3 is 4.90 Å². The smallest absolute Gasteiger partial charge is 0.0991 e. The summed E-state index contributed by atoms with van der Waals surface area (Å²) in [6.45, 7) is 7.40. The molecule has 1 heterocycles. The van der Waals surface area contributed by atoms with Crippen molar-refractivity contribution in [2.24, 2.45) is 0 Å². The third kappa shape index (κ3) is 3.47. The first-order valence-electron chi connectivity index (χ1n) is 7.77. The maximum Gasteiger partial charge on any atom is 0.0991 e. The molecule has 0 atom stereocenters. The zero-order valence-electron chi connectivity index (χ0n) is 13.0. The quantitative estimate of drug-likeness (QED) is 0.870. The predicted octanol–water partition coefficient (Wildman–Crippen LogP) is 3.19. The van der Waals surface area contributed by atoms with Crippen molar-refractivity contribution in [2.75, 3.05) is 31.1 Å². The fourth-order valence-electron chi connectivity index (χ4n) is 2.93. The van der Waals surface area contributed by atoms with Gasteiger partial charge in [0.05, 0.1) is 11.6 Å². The Hall–Kier alpha value is -2.31. The first kappa shape index (κ1) is 14.6. The molecule has 1 aliphatic rings. The average Bonchev–Trinajstić information content (AvgIpc) is 2.56. The van der Waals surface area contributed by atoms with Crippen molar-refractivity contribution in [2.45, 2.75) is 13.5 Å². The normalized spacial score (nSPS) is 15.5. The van der Waals surface area contributed by atoms with Gasteiger partial charge in [-0.2, -0.15) is 5.26 Å². The highest BCUT2D eigenvalue weighted by Gasteiger charge is 2.17. The van der Waals surface area contributed by atoms with Crippen molar-refractivity contribution in [1.29, 1.82) is 5.26 Å². The van der Waals surface area contributed by atoms with Gasteiger partial charge >= 0.3 is 0 Å². The lowest BCUT2D eigenvalue weighted by Gasteiger charge is -2.36. The van der Waals surface area contributed by atoms with Gasteiger partial charge in [-0.3, -0.25) is 4.90 Å². The SMILES string of the molecule is Cc1cccc(N2CCN(Cc3ccc(C#N)cc3)CC2)c1. The van der Waals surface area contributed by atoms with Crippen molar-refractivity contribution < 1.29 is 0 Å². The van der Waals surface area contributed by atoms with Gasteiger partial charge in [-0.1, -0.05) is 24.3 Å². The van der Waals surface area contributed by atoms with Crippen LogP contribution in [0.15, 0.2) is 48.5 Å². The Morgan fingerprint density at radius 1 is 1.00 bits per heavy atom. The van der Waals surface area contributed by atoms with E-state index >= 15 is 0 Å². The molecule has 1 fully saturated rings. The molecule has 22 heavy (non-hydrogen) atoms. The van der Waals surface area contributed by atoms with E-state index in [4.69, 9.17) is 5.26 Å². The average molecular weight is 291 g/mol. The molecule has 0 aromatic heterocycles. The summed E-state index contributed by atoms with van der Waals surface area (Å²) in [5.74, 6) is 0. The molecule has 2 aromatic carbocycles. The summed E-state index contributed by atoms with van der Waals surface area (Å²) in [5, 5.41) is 8.84. The molecular weight excluding hydrogens is 270 g/mol. The van der Waals surface area contributed by atoms with E-state index in [0.29, 0.717) is 0 Å². The third-order valence-corrected chi connectivity index (χ3v) is 4.23. The van der Waals surface area contributed by atoms with E-state index in [1.165, 1.54) is 16.8 Å². The molecule has 0 spiro atoms. The summed E-state index contributed by atoms with van der Waals surface area (Å²) >= 11 is 0. The van der Waals surface area contributed by atoms with Gasteiger partial charge in [0.15, 0.2) is 0 Å². The zero-order chi connectivity index (χ0) is 15.4. The lowest BCUT2D eigenvalue weighted by molar-refractivity contribution is 0.250. The van der Waals surface area contributed by atoms with Gasteiger partial charge in [-0.05, 0) is 42.3 Å². The highest BCUT2D eigenvalue weighted by atomic mass is 15.3. The maximum absolute atomic E-state index is 8.84. The molecule has 112 valence electrons. The van der Waals surface area contributed by atoms with Crippen molar-refractivity contribution in [1.82, 2.24) is 4.90 Å². The Kier molecular flexibility index (Phi) is 4.41. The summed E-state index contributed by atoms with van der Waals surface area (Å²) < 4.78 is 0. The number of anilines is 1. The highest BCUT2D eigenvalue weighted by Crippen LogP contribution is 2.18. The van der Waals surface area contributed by atoms with Crippen LogP contribution in [0.2, 0.25) is 0 Å². The predicted molar refractivity (Wildman–Crippen MR) is 89.8 cm³/mol. The van der Waals surface area contributed by atoms with Gasteiger partial charge in [0, 0.05) is 38.4 Å². The molecule has 0 unspecified atom stereocenters. The van der Waals surface area contributed by atoms with Crippen molar-refractivity contribution in [3.05, 3.63) is 65.2 Å². The van der Waals surface area contributed by atoms with Crippen LogP contribution in [0, 0.1) is 18.3 Å². The molecule has 3 heteroatoms. The van der Waals surface area contributed by atoms with E-state index in [2.05, 4.69) is 59.2 Å². The second kappa shape index (κ2) is 6.64. The van der Waals surface area contributed by atoms with E-state index in [0.717, 1.165) is 38.3 Å². The molecule has 0 aliphatic carbocycles. The molecule has 0 bridgehead atoms. The Bertz CT molecular complexity index is 662. The number of aryl methyl sites for hydroxylation is 1. The van der Waals surface area contributed by atoms with Crippen LogP contribution in [0.3, 0.4) is 0 Å². The van der Waals surface area contributed by atoms with Crippen LogP contribution in [-0.4, -0.2) is 31.1 Å². The Labute approximate surface area is 132 Å². The Morgan fingerprint density at radius 3 is 2.36 bits per heavy atom. The van der Waals surface area contributed by atoms with E-state index < -0.39 is 0 Å². The summed E-state index contributed by atoms with van der Waals surface area (Å²) in [5.41, 5.74) is 4.66. The molecular formula is C19H21N3. The van der Waals surface area contributed by atoms with Crippen LogP contribution >= 0.6 is 0 Å². The number of nitriles is 1. The molecule has 0 radical (unpaired) electrons. The topological polar surface area (TPSA) is 30.3 Å². The minimum Gasteiger partial charge on any atom is -0.369 e. The maximum atomic E-state index is 8.84.